The third-order valence-corrected chi connectivity index (χ3v) is 9.99. The van der Waals surface area contributed by atoms with Gasteiger partial charge in [-0.25, -0.2) is 27.3 Å². The van der Waals surface area contributed by atoms with E-state index in [-0.39, 0.29) is 32.5 Å². The average Bonchev–Trinajstić information content (AvgIpc) is 3.54. The van der Waals surface area contributed by atoms with Gasteiger partial charge in [0.2, 0.25) is 11.8 Å². The number of carbonyl (C=O) groups excluding carboxylic acids is 2. The van der Waals surface area contributed by atoms with Crippen LogP contribution in [0.4, 0.5) is 17.6 Å². The third kappa shape index (κ3) is 7.47. The molecule has 3 N–H and O–H groups in total. The van der Waals surface area contributed by atoms with Gasteiger partial charge in [0.1, 0.15) is 10.8 Å². The highest BCUT2D eigenvalue weighted by molar-refractivity contribution is 7.92. The highest BCUT2D eigenvalue weighted by Crippen LogP contribution is 2.36. The molecule has 0 saturated heterocycles. The first-order valence-electron chi connectivity index (χ1n) is 13.5. The minimum absolute atomic E-state index is 0.0266. The molecule has 1 atom stereocenters. The quantitative estimate of drug-likeness (QED) is 0.202. The van der Waals surface area contributed by atoms with Crippen LogP contribution >= 0.6 is 11.3 Å². The summed E-state index contributed by atoms with van der Waals surface area (Å²) in [4.78, 5) is 40.8. The van der Waals surface area contributed by atoms with E-state index < -0.39 is 63.6 Å². The summed E-state index contributed by atoms with van der Waals surface area (Å²) in [6.07, 6.45) is -4.99. The number of halogens is 4. The van der Waals surface area contributed by atoms with Gasteiger partial charge in [0.25, 0.3) is 0 Å². The number of carboxylic acid groups (broad SMARTS) is 1. The summed E-state index contributed by atoms with van der Waals surface area (Å²) in [7, 11) is -4.79. The topological polar surface area (TPSA) is 160 Å². The third-order valence-electron chi connectivity index (χ3n) is 6.82. The number of nitrogens with zero attached hydrogens (tertiary/aromatic N) is 3. The number of amides is 2. The number of fused-ring (bicyclic) bond motifs is 1. The maximum Gasteiger partial charge on any atom is 0.390 e. The molecule has 17 heteroatoms. The van der Waals surface area contributed by atoms with Gasteiger partial charge in [0, 0.05) is 17.7 Å². The number of aromatic nitrogens is 3. The smallest absolute Gasteiger partial charge is 0.390 e. The molecule has 0 spiro atoms. The monoisotopic (exact) mass is 667 g/mol. The Hall–Kier alpha value is -4.38. The first-order chi connectivity index (χ1) is 21.1. The molecule has 1 aliphatic carbocycles. The van der Waals surface area contributed by atoms with Crippen LogP contribution < -0.4 is 10.6 Å². The second kappa shape index (κ2) is 12.2. The van der Waals surface area contributed by atoms with Crippen LogP contribution in [0.1, 0.15) is 45.7 Å². The van der Waals surface area contributed by atoms with Crippen molar-refractivity contribution in [2.75, 3.05) is 12.3 Å². The van der Waals surface area contributed by atoms with Gasteiger partial charge in [0.05, 0.1) is 40.3 Å². The highest BCUT2D eigenvalue weighted by atomic mass is 32.2. The molecule has 238 valence electrons. The number of hydrogen-bond donors (Lipinski definition) is 3. The number of nitrogens with one attached hydrogen (secondary N) is 2. The van der Waals surface area contributed by atoms with Crippen molar-refractivity contribution in [3.8, 4) is 16.8 Å². The zero-order valence-electron chi connectivity index (χ0n) is 23.4. The van der Waals surface area contributed by atoms with Gasteiger partial charge in [0.15, 0.2) is 20.8 Å². The van der Waals surface area contributed by atoms with E-state index in [0.29, 0.717) is 28.3 Å². The van der Waals surface area contributed by atoms with Crippen LogP contribution in [0.5, 0.6) is 0 Å². The standard InChI is InChI=1S/C28H25F4N5O6S2/c1-14-10-21(27(40)41)37(36-14)17-6-2-15(3-7-17)18-11-22-20(12-19(18)29)35-26(44-22)24(45(42,43)9-8-28(30,31)32)25(39)33-13-23(38)34-16-4-5-16/h2-3,6-7,10-12,16,24H,4-5,8-9,13H2,1H3,(H,33,39)(H,34,38)(H,40,41). The number of rotatable bonds is 11. The lowest BCUT2D eigenvalue weighted by Crippen LogP contribution is -2.41. The van der Waals surface area contributed by atoms with Gasteiger partial charge in [-0.1, -0.05) is 12.1 Å². The Labute approximate surface area is 257 Å². The molecule has 2 amide bonds. The lowest BCUT2D eigenvalue weighted by molar-refractivity contribution is -0.130. The Balaban J connectivity index is 1.46. The molecule has 11 nitrogen and oxygen atoms in total. The normalized spacial score (nSPS) is 14.3. The number of alkyl halides is 3. The van der Waals surface area contributed by atoms with Crippen molar-refractivity contribution in [1.82, 2.24) is 25.4 Å². The number of hydrogen-bond acceptors (Lipinski definition) is 8. The number of carbonyl (C=O) groups is 3. The number of carboxylic acids is 1. The molecule has 0 bridgehead atoms. The molecule has 5 rings (SSSR count). The lowest BCUT2D eigenvalue weighted by atomic mass is 10.0. The zero-order chi connectivity index (χ0) is 32.7. The van der Waals surface area contributed by atoms with Crippen molar-refractivity contribution in [1.29, 1.82) is 0 Å². The predicted molar refractivity (Wildman–Crippen MR) is 155 cm³/mol. The summed E-state index contributed by atoms with van der Waals surface area (Å²) in [5.74, 6) is -5.16. The van der Waals surface area contributed by atoms with E-state index in [9.17, 15) is 41.1 Å². The largest absolute Gasteiger partial charge is 0.477 e. The second-order valence-electron chi connectivity index (χ2n) is 10.5. The van der Waals surface area contributed by atoms with Crippen LogP contribution in [0.2, 0.25) is 0 Å². The molecule has 2 heterocycles. The van der Waals surface area contributed by atoms with E-state index in [4.69, 9.17) is 0 Å². The number of aryl methyl sites for hydroxylation is 1. The van der Waals surface area contributed by atoms with Crippen LogP contribution in [0.3, 0.4) is 0 Å². The summed E-state index contributed by atoms with van der Waals surface area (Å²) < 4.78 is 81.7. The second-order valence-corrected chi connectivity index (χ2v) is 13.7. The van der Waals surface area contributed by atoms with Crippen LogP contribution in [0.25, 0.3) is 27.0 Å². The fourth-order valence-corrected chi connectivity index (χ4v) is 7.58. The summed E-state index contributed by atoms with van der Waals surface area (Å²) in [5.41, 5.74) is 1.20. The molecule has 0 radical (unpaired) electrons. The first-order valence-corrected chi connectivity index (χ1v) is 16.0. The molecule has 0 aliphatic heterocycles. The van der Waals surface area contributed by atoms with E-state index in [1.165, 1.54) is 41.1 Å². The van der Waals surface area contributed by atoms with Crippen molar-refractivity contribution in [3.05, 3.63) is 64.7 Å². The van der Waals surface area contributed by atoms with Crippen molar-refractivity contribution < 1.29 is 45.5 Å². The van der Waals surface area contributed by atoms with Gasteiger partial charge in [-0.2, -0.15) is 18.3 Å². The molecule has 4 aromatic rings. The molecule has 45 heavy (non-hydrogen) atoms. The van der Waals surface area contributed by atoms with Crippen LogP contribution in [0.15, 0.2) is 42.5 Å². The van der Waals surface area contributed by atoms with Crippen molar-refractivity contribution in [2.45, 2.75) is 43.7 Å². The molecule has 1 fully saturated rings. The zero-order valence-corrected chi connectivity index (χ0v) is 25.0. The van der Waals surface area contributed by atoms with Gasteiger partial charge < -0.3 is 15.7 Å². The number of thiazole rings is 1. The molecule has 2 aromatic heterocycles. The number of sulfone groups is 1. The minimum atomic E-state index is -4.81. The Morgan fingerprint density at radius 2 is 1.82 bits per heavy atom. The predicted octanol–water partition coefficient (Wildman–Crippen LogP) is 4.10. The molecule has 2 aromatic carbocycles. The molecular weight excluding hydrogens is 642 g/mol. The Kier molecular flexibility index (Phi) is 8.68. The summed E-state index contributed by atoms with van der Waals surface area (Å²) in [6, 6.07) is 9.84. The molecule has 1 aliphatic rings. The van der Waals surface area contributed by atoms with Crippen LogP contribution in [-0.4, -0.2) is 70.6 Å². The SMILES string of the molecule is Cc1cc(C(=O)O)n(-c2ccc(-c3cc4sc(C(C(=O)NCC(=O)NC5CC5)S(=O)(=O)CCC(F)(F)F)nc4cc3F)cc2)n1. The van der Waals surface area contributed by atoms with E-state index in [1.807, 2.05) is 0 Å². The Morgan fingerprint density at radius 1 is 1.13 bits per heavy atom. The minimum Gasteiger partial charge on any atom is -0.477 e. The summed E-state index contributed by atoms with van der Waals surface area (Å²) in [6.45, 7) is 1.04. The number of benzene rings is 2. The summed E-state index contributed by atoms with van der Waals surface area (Å²) >= 11 is 0.695. The fourth-order valence-electron chi connectivity index (χ4n) is 4.50. The first kappa shape index (κ1) is 32.0. The Bertz CT molecular complexity index is 1900. The molecule has 1 saturated carbocycles. The molecule has 1 unspecified atom stereocenters. The van der Waals surface area contributed by atoms with Crippen molar-refractivity contribution >= 4 is 49.2 Å². The van der Waals surface area contributed by atoms with Crippen LogP contribution in [-0.2, 0) is 19.4 Å². The van der Waals surface area contributed by atoms with Crippen LogP contribution in [0, 0.1) is 12.7 Å². The number of aromatic carboxylic acids is 1. The van der Waals surface area contributed by atoms with Gasteiger partial charge >= 0.3 is 12.1 Å². The fraction of sp³-hybridized carbons (Fsp3) is 0.321. The van der Waals surface area contributed by atoms with E-state index >= 15 is 4.39 Å². The van der Waals surface area contributed by atoms with Gasteiger partial charge in [-0.3, -0.25) is 9.59 Å². The maximum absolute atomic E-state index is 15.3. The lowest BCUT2D eigenvalue weighted by Gasteiger charge is -2.16. The van der Waals surface area contributed by atoms with Crippen molar-refractivity contribution in [3.63, 3.8) is 0 Å². The highest BCUT2D eigenvalue weighted by Gasteiger charge is 2.40. The average molecular weight is 668 g/mol. The van der Waals surface area contributed by atoms with Gasteiger partial charge in [-0.15, -0.1) is 11.3 Å². The summed E-state index contributed by atoms with van der Waals surface area (Å²) in [5, 5.41) is 15.8. The van der Waals surface area contributed by atoms with E-state index in [1.54, 1.807) is 6.92 Å². The molecular formula is C28H25F4N5O6S2. The van der Waals surface area contributed by atoms with E-state index in [2.05, 4.69) is 20.7 Å². The Morgan fingerprint density at radius 3 is 2.44 bits per heavy atom. The maximum atomic E-state index is 15.3. The van der Waals surface area contributed by atoms with E-state index in [0.717, 1.165) is 18.9 Å². The van der Waals surface area contributed by atoms with Gasteiger partial charge in [-0.05, 0) is 49.6 Å². The van der Waals surface area contributed by atoms with Crippen molar-refractivity contribution in [2.24, 2.45) is 0 Å².